The van der Waals surface area contributed by atoms with Gasteiger partial charge in [-0.3, -0.25) is 4.79 Å². The maximum atomic E-state index is 12.9. The first kappa shape index (κ1) is 14.2. The Morgan fingerprint density at radius 2 is 1.84 bits per heavy atom. The fourth-order valence-corrected chi connectivity index (χ4v) is 2.94. The zero-order chi connectivity index (χ0) is 14.0. The van der Waals surface area contributed by atoms with Crippen molar-refractivity contribution in [3.63, 3.8) is 0 Å². The second kappa shape index (κ2) is 5.43. The third-order valence-electron chi connectivity index (χ3n) is 3.23. The van der Waals surface area contributed by atoms with E-state index in [0.717, 1.165) is 10.4 Å². The lowest BCUT2D eigenvalue weighted by Crippen LogP contribution is -2.30. The van der Waals surface area contributed by atoms with Crippen molar-refractivity contribution >= 4 is 28.7 Å². The SMILES string of the molecule is CC(C)(C(=O)Cc1ccc(Cl)s1)c1ccc(F)cc1. The molecule has 0 radical (unpaired) electrons. The lowest BCUT2D eigenvalue weighted by molar-refractivity contribution is -0.122. The van der Waals surface area contributed by atoms with E-state index >= 15 is 0 Å². The highest BCUT2D eigenvalue weighted by Crippen LogP contribution is 2.28. The molecular formula is C15H14ClFOS. The van der Waals surface area contributed by atoms with E-state index in [1.165, 1.54) is 23.5 Å². The molecule has 0 aliphatic heterocycles. The largest absolute Gasteiger partial charge is 0.298 e. The topological polar surface area (TPSA) is 17.1 Å². The number of carbonyl (C=O) groups excluding carboxylic acids is 1. The number of rotatable bonds is 4. The van der Waals surface area contributed by atoms with E-state index in [0.29, 0.717) is 10.8 Å². The van der Waals surface area contributed by atoms with Gasteiger partial charge in [0.25, 0.3) is 0 Å². The smallest absolute Gasteiger partial charge is 0.148 e. The minimum atomic E-state index is -0.635. The molecule has 1 aromatic heterocycles. The van der Waals surface area contributed by atoms with Gasteiger partial charge in [-0.05, 0) is 43.7 Å². The molecule has 0 fully saturated rings. The Balaban J connectivity index is 2.19. The highest BCUT2D eigenvalue weighted by Gasteiger charge is 2.29. The van der Waals surface area contributed by atoms with Crippen LogP contribution in [0.1, 0.15) is 24.3 Å². The van der Waals surface area contributed by atoms with Crippen molar-refractivity contribution in [2.24, 2.45) is 0 Å². The van der Waals surface area contributed by atoms with Crippen LogP contribution in [0.4, 0.5) is 4.39 Å². The summed E-state index contributed by atoms with van der Waals surface area (Å²) in [7, 11) is 0. The third-order valence-corrected chi connectivity index (χ3v) is 4.46. The van der Waals surface area contributed by atoms with Crippen LogP contribution < -0.4 is 0 Å². The summed E-state index contributed by atoms with van der Waals surface area (Å²) in [5.74, 6) is -0.199. The minimum Gasteiger partial charge on any atom is -0.298 e. The Labute approximate surface area is 121 Å². The zero-order valence-corrected chi connectivity index (χ0v) is 12.3. The number of ketones is 1. The molecule has 0 spiro atoms. The Morgan fingerprint density at radius 3 is 2.37 bits per heavy atom. The molecule has 0 atom stereocenters. The van der Waals surface area contributed by atoms with Gasteiger partial charge in [0.1, 0.15) is 11.6 Å². The van der Waals surface area contributed by atoms with Crippen molar-refractivity contribution in [2.75, 3.05) is 0 Å². The normalized spacial score (nSPS) is 11.6. The van der Waals surface area contributed by atoms with Gasteiger partial charge in [0.2, 0.25) is 0 Å². The summed E-state index contributed by atoms with van der Waals surface area (Å²) in [5.41, 5.74) is 0.186. The first-order valence-electron chi connectivity index (χ1n) is 5.93. The van der Waals surface area contributed by atoms with Gasteiger partial charge < -0.3 is 0 Å². The van der Waals surface area contributed by atoms with Crippen LogP contribution in [0, 0.1) is 5.82 Å². The molecule has 0 amide bonds. The molecule has 2 rings (SSSR count). The monoisotopic (exact) mass is 296 g/mol. The van der Waals surface area contributed by atoms with Crippen molar-refractivity contribution in [1.82, 2.24) is 0 Å². The second-order valence-electron chi connectivity index (χ2n) is 4.94. The zero-order valence-electron chi connectivity index (χ0n) is 10.7. The van der Waals surface area contributed by atoms with Crippen LogP contribution in [0.5, 0.6) is 0 Å². The molecule has 19 heavy (non-hydrogen) atoms. The van der Waals surface area contributed by atoms with E-state index < -0.39 is 5.41 Å². The predicted octanol–water partition coefficient (Wildman–Crippen LogP) is 4.63. The fraction of sp³-hybridized carbons (Fsp3) is 0.267. The van der Waals surface area contributed by atoms with Crippen LogP contribution in [-0.4, -0.2) is 5.78 Å². The first-order chi connectivity index (χ1) is 8.89. The molecule has 100 valence electrons. The second-order valence-corrected chi connectivity index (χ2v) is 6.74. The Hall–Kier alpha value is -1.19. The van der Waals surface area contributed by atoms with Crippen LogP contribution in [-0.2, 0) is 16.6 Å². The van der Waals surface area contributed by atoms with Gasteiger partial charge in [0.05, 0.1) is 4.34 Å². The van der Waals surface area contributed by atoms with E-state index in [2.05, 4.69) is 0 Å². The van der Waals surface area contributed by atoms with Crippen molar-refractivity contribution in [3.05, 3.63) is 57.0 Å². The number of hydrogen-bond donors (Lipinski definition) is 0. The van der Waals surface area contributed by atoms with Crippen molar-refractivity contribution in [2.45, 2.75) is 25.7 Å². The fourth-order valence-electron chi connectivity index (χ4n) is 1.85. The van der Waals surface area contributed by atoms with Gasteiger partial charge in [0, 0.05) is 16.7 Å². The van der Waals surface area contributed by atoms with Crippen LogP contribution in [0.15, 0.2) is 36.4 Å². The lowest BCUT2D eigenvalue weighted by atomic mass is 9.79. The quantitative estimate of drug-likeness (QED) is 0.804. The molecule has 0 aliphatic rings. The Morgan fingerprint density at radius 1 is 1.21 bits per heavy atom. The summed E-state index contributed by atoms with van der Waals surface area (Å²) in [6.07, 6.45) is 0.349. The molecule has 1 nitrogen and oxygen atoms in total. The summed E-state index contributed by atoms with van der Waals surface area (Å²) in [4.78, 5) is 13.3. The molecule has 1 heterocycles. The van der Waals surface area contributed by atoms with E-state index in [9.17, 15) is 9.18 Å². The first-order valence-corrected chi connectivity index (χ1v) is 7.12. The number of thiophene rings is 1. The number of carbonyl (C=O) groups is 1. The summed E-state index contributed by atoms with van der Waals surface area (Å²) < 4.78 is 13.6. The minimum absolute atomic E-state index is 0.0950. The van der Waals surface area contributed by atoms with Crippen molar-refractivity contribution in [1.29, 1.82) is 0 Å². The molecule has 0 aliphatic carbocycles. The van der Waals surface area contributed by atoms with Gasteiger partial charge in [-0.1, -0.05) is 23.7 Å². The molecule has 0 bridgehead atoms. The van der Waals surface area contributed by atoms with E-state index in [1.54, 1.807) is 18.2 Å². The molecule has 0 N–H and O–H groups in total. The average Bonchev–Trinajstić information content (AvgIpc) is 2.75. The standard InChI is InChI=1S/C15H14ClFOS/c1-15(2,10-3-5-11(17)6-4-10)13(18)9-12-7-8-14(16)19-12/h3-8H,9H2,1-2H3. The number of hydrogen-bond acceptors (Lipinski definition) is 2. The molecular weight excluding hydrogens is 283 g/mol. The molecule has 0 saturated heterocycles. The summed E-state index contributed by atoms with van der Waals surface area (Å²) in [6.45, 7) is 3.72. The summed E-state index contributed by atoms with van der Waals surface area (Å²) in [5, 5.41) is 0. The Kier molecular flexibility index (Phi) is 4.07. The van der Waals surface area contributed by atoms with Crippen LogP contribution in [0.25, 0.3) is 0 Å². The molecule has 0 saturated carbocycles. The van der Waals surface area contributed by atoms with Gasteiger partial charge >= 0.3 is 0 Å². The highest BCUT2D eigenvalue weighted by molar-refractivity contribution is 7.16. The van der Waals surface area contributed by atoms with E-state index in [4.69, 9.17) is 11.6 Å². The maximum Gasteiger partial charge on any atom is 0.148 e. The summed E-state index contributed by atoms with van der Waals surface area (Å²) in [6, 6.07) is 9.74. The van der Waals surface area contributed by atoms with E-state index in [-0.39, 0.29) is 11.6 Å². The third kappa shape index (κ3) is 3.23. The van der Waals surface area contributed by atoms with Gasteiger partial charge in [0.15, 0.2) is 0 Å². The summed E-state index contributed by atoms with van der Waals surface area (Å²) >= 11 is 7.27. The van der Waals surface area contributed by atoms with Crippen molar-refractivity contribution in [3.8, 4) is 0 Å². The van der Waals surface area contributed by atoms with E-state index in [1.807, 2.05) is 19.9 Å². The van der Waals surface area contributed by atoms with Crippen LogP contribution >= 0.6 is 22.9 Å². The number of Topliss-reactive ketones (excluding diaryl/α,β-unsaturated/α-hetero) is 1. The highest BCUT2D eigenvalue weighted by atomic mass is 35.5. The predicted molar refractivity (Wildman–Crippen MR) is 77.5 cm³/mol. The molecule has 2 aromatic rings. The van der Waals surface area contributed by atoms with Gasteiger partial charge in [-0.25, -0.2) is 4.39 Å². The number of halogens is 2. The molecule has 4 heteroatoms. The van der Waals surface area contributed by atoms with Crippen LogP contribution in [0.2, 0.25) is 4.34 Å². The maximum absolute atomic E-state index is 12.9. The van der Waals surface area contributed by atoms with Gasteiger partial charge in [-0.15, -0.1) is 11.3 Å². The van der Waals surface area contributed by atoms with Crippen LogP contribution in [0.3, 0.4) is 0 Å². The Bertz CT molecular complexity index is 586. The lowest BCUT2D eigenvalue weighted by Gasteiger charge is -2.23. The van der Waals surface area contributed by atoms with Gasteiger partial charge in [-0.2, -0.15) is 0 Å². The van der Waals surface area contributed by atoms with Crippen molar-refractivity contribution < 1.29 is 9.18 Å². The molecule has 0 unspecified atom stereocenters. The molecule has 1 aromatic carbocycles. The number of benzene rings is 1. The average molecular weight is 297 g/mol.